The molecule has 0 saturated carbocycles. The largest absolute Gasteiger partial charge is 0.508 e. The first-order valence-electron chi connectivity index (χ1n) is 22.6. The topological polar surface area (TPSA) is 205 Å². The fourth-order valence-electron chi connectivity index (χ4n) is 9.30. The van der Waals surface area contributed by atoms with Crippen LogP contribution in [0.25, 0.3) is 33.3 Å². The number of aromatic hydroxyl groups is 1. The van der Waals surface area contributed by atoms with Gasteiger partial charge in [0.05, 0.1) is 24.5 Å². The quantitative estimate of drug-likeness (QED) is 0.122. The summed E-state index contributed by atoms with van der Waals surface area (Å²) in [6, 6.07) is 12.3. The molecular weight excluding hydrogens is 849 g/mol. The molecule has 65 heavy (non-hydrogen) atoms. The van der Waals surface area contributed by atoms with Gasteiger partial charge in [0.2, 0.25) is 21.8 Å². The fraction of sp³-hybridized carbons (Fsp3) is 0.521. The van der Waals surface area contributed by atoms with Crippen LogP contribution < -0.4 is 16.1 Å². The molecule has 0 radical (unpaired) electrons. The standard InChI is InChI=1S/C48H64N8O8S/c1-10-55-39-16-15-31-23-35(39)36(44(55)34-13-11-17-49-42(34)28(2)3)24-48(6,7)27-64-47(61)37-14-12-18-56(52-37)46(60)38(21-30-19-32(31)22-33(57)20-30)51-45(59)43(29(4)5)54(9)41(58)26-53(8)65(62,63)40-25-50-40/h11,13,15-17,19-20,22-23,28-29,37-38,40,43,50,52,57H,10,12,14,18,21,24-27H2,1-9H3,(H,51,59)/t37-,38-,40+,43-/m0/s1. The predicted molar refractivity (Wildman–Crippen MR) is 249 cm³/mol. The first-order valence-corrected chi connectivity index (χ1v) is 24.1. The number of aromatic nitrogens is 2. The van der Waals surface area contributed by atoms with Crippen molar-refractivity contribution in [1.82, 2.24) is 39.8 Å². The van der Waals surface area contributed by atoms with Crippen LogP contribution in [-0.2, 0) is 53.3 Å². The number of hydrogen-bond acceptors (Lipinski definition) is 11. The van der Waals surface area contributed by atoms with E-state index in [0.29, 0.717) is 43.5 Å². The van der Waals surface area contributed by atoms with Crippen molar-refractivity contribution in [2.75, 3.05) is 40.3 Å². The second-order valence-corrected chi connectivity index (χ2v) is 21.4. The van der Waals surface area contributed by atoms with Gasteiger partial charge in [0, 0.05) is 68.2 Å². The number of hydrazine groups is 1. The van der Waals surface area contributed by atoms with Crippen molar-refractivity contribution in [2.24, 2.45) is 11.3 Å². The Kier molecular flexibility index (Phi) is 13.8. The van der Waals surface area contributed by atoms with E-state index in [-0.39, 0.29) is 31.2 Å². The molecule has 17 heteroatoms. The van der Waals surface area contributed by atoms with Gasteiger partial charge in [0.25, 0.3) is 5.91 Å². The summed E-state index contributed by atoms with van der Waals surface area (Å²) in [6.07, 6.45) is 3.26. The van der Waals surface area contributed by atoms with Gasteiger partial charge in [-0.1, -0.05) is 53.7 Å². The first kappa shape index (κ1) is 47.6. The van der Waals surface area contributed by atoms with Crippen molar-refractivity contribution in [3.63, 3.8) is 0 Å². The zero-order valence-electron chi connectivity index (χ0n) is 39.0. The fourth-order valence-corrected chi connectivity index (χ4v) is 10.5. The third kappa shape index (κ3) is 10.1. The van der Waals surface area contributed by atoms with Gasteiger partial charge in [0.1, 0.15) is 29.2 Å². The predicted octanol–water partition coefficient (Wildman–Crippen LogP) is 4.54. The number of cyclic esters (lactones) is 1. The molecule has 0 spiro atoms. The van der Waals surface area contributed by atoms with E-state index in [2.05, 4.69) is 73.4 Å². The molecule has 3 amide bonds. The highest BCUT2D eigenvalue weighted by molar-refractivity contribution is 7.90. The average molecular weight is 913 g/mol. The summed E-state index contributed by atoms with van der Waals surface area (Å²) in [5.74, 6) is -2.54. The Morgan fingerprint density at radius 3 is 2.48 bits per heavy atom. The number of ether oxygens (including phenoxy) is 1. The van der Waals surface area contributed by atoms with E-state index in [4.69, 9.17) is 9.72 Å². The SMILES string of the molecule is CCn1c(-c2cccnc2C(C)C)c2c3cc(ccc31)-c1cc(O)cc(c1)C[C@H](NC(=O)[C@H](C(C)C)N(C)C(=O)CN(C)S(=O)(=O)[C@@H]1CN1)C(=O)N1CCC[C@H](N1)C(=O)OCC(C)(C)C2. The van der Waals surface area contributed by atoms with Crippen molar-refractivity contribution >= 4 is 44.6 Å². The number of likely N-dealkylation sites (N-methyl/N-ethyl adjacent to an activating group) is 2. The molecule has 0 unspecified atom stereocenters. The van der Waals surface area contributed by atoms with E-state index in [1.807, 2.05) is 24.4 Å². The number of hydrogen-bond donors (Lipinski definition) is 4. The van der Waals surface area contributed by atoms with Crippen LogP contribution in [0.1, 0.15) is 84.0 Å². The van der Waals surface area contributed by atoms with Gasteiger partial charge in [-0.3, -0.25) is 34.5 Å². The third-order valence-corrected chi connectivity index (χ3v) is 14.8. The van der Waals surface area contributed by atoms with E-state index < -0.39 is 75.1 Å². The van der Waals surface area contributed by atoms with Crippen LogP contribution in [0.3, 0.4) is 0 Å². The van der Waals surface area contributed by atoms with Gasteiger partial charge in [0.15, 0.2) is 0 Å². The molecule has 2 fully saturated rings. The summed E-state index contributed by atoms with van der Waals surface area (Å²) in [6.45, 7) is 14.9. The van der Waals surface area contributed by atoms with Crippen LogP contribution in [0, 0.1) is 11.3 Å². The van der Waals surface area contributed by atoms with Gasteiger partial charge >= 0.3 is 5.97 Å². The number of amides is 3. The molecule has 2 aromatic heterocycles. The number of benzene rings is 2. The second kappa shape index (κ2) is 18.9. The molecule has 3 aliphatic rings. The zero-order valence-corrected chi connectivity index (χ0v) is 39.8. The average Bonchev–Trinajstić information content (AvgIpc) is 4.08. The van der Waals surface area contributed by atoms with Crippen molar-refractivity contribution in [3.8, 4) is 28.1 Å². The molecule has 7 rings (SSSR count). The number of aryl methyl sites for hydroxylation is 1. The first-order chi connectivity index (χ1) is 30.7. The summed E-state index contributed by atoms with van der Waals surface area (Å²) < 4.78 is 35.0. The number of esters is 1. The highest BCUT2D eigenvalue weighted by atomic mass is 32.2. The van der Waals surface area contributed by atoms with Crippen LogP contribution in [0.15, 0.2) is 54.7 Å². The number of nitrogens with zero attached hydrogens (tertiary/aromatic N) is 5. The summed E-state index contributed by atoms with van der Waals surface area (Å²) in [4.78, 5) is 62.6. The number of pyridine rings is 1. The van der Waals surface area contributed by atoms with Crippen molar-refractivity contribution in [1.29, 1.82) is 0 Å². The number of carbonyl (C=O) groups is 4. The number of carbonyl (C=O) groups excluding carboxylic acids is 4. The maximum atomic E-state index is 14.7. The minimum atomic E-state index is -3.75. The van der Waals surface area contributed by atoms with Crippen molar-refractivity contribution in [2.45, 2.75) is 110 Å². The van der Waals surface area contributed by atoms with E-state index in [9.17, 15) is 32.7 Å². The molecule has 2 saturated heterocycles. The molecule has 4 aromatic rings. The van der Waals surface area contributed by atoms with Crippen molar-refractivity contribution < 1.29 is 37.4 Å². The summed E-state index contributed by atoms with van der Waals surface area (Å²) >= 11 is 0. The molecule has 4 N–H and O–H groups in total. The van der Waals surface area contributed by atoms with E-state index >= 15 is 0 Å². The Morgan fingerprint density at radius 2 is 1.80 bits per heavy atom. The smallest absolute Gasteiger partial charge is 0.324 e. The number of phenols is 1. The minimum absolute atomic E-state index is 0.0283. The van der Waals surface area contributed by atoms with Crippen LogP contribution in [0.4, 0.5) is 0 Å². The van der Waals surface area contributed by atoms with Gasteiger partial charge in [-0.25, -0.2) is 13.8 Å². The van der Waals surface area contributed by atoms with E-state index in [1.165, 1.54) is 24.0 Å². The van der Waals surface area contributed by atoms with Gasteiger partial charge in [-0.15, -0.1) is 0 Å². The Balaban J connectivity index is 1.30. The van der Waals surface area contributed by atoms with E-state index in [0.717, 1.165) is 43.3 Å². The maximum absolute atomic E-state index is 14.7. The highest BCUT2D eigenvalue weighted by Crippen LogP contribution is 2.42. The van der Waals surface area contributed by atoms with Crippen LogP contribution in [0.2, 0.25) is 0 Å². The number of nitrogens with one attached hydrogen (secondary N) is 3. The summed E-state index contributed by atoms with van der Waals surface area (Å²) in [5, 5.41) is 18.6. The lowest BCUT2D eigenvalue weighted by molar-refractivity contribution is -0.155. The molecule has 6 bridgehead atoms. The van der Waals surface area contributed by atoms with E-state index in [1.54, 1.807) is 26.0 Å². The molecule has 4 atom stereocenters. The molecule has 16 nitrogen and oxygen atoms in total. The van der Waals surface area contributed by atoms with Crippen LogP contribution >= 0.6 is 0 Å². The number of rotatable bonds is 11. The van der Waals surface area contributed by atoms with Crippen molar-refractivity contribution in [3.05, 3.63) is 71.5 Å². The lowest BCUT2D eigenvalue weighted by Crippen LogP contribution is -2.62. The Bertz CT molecular complexity index is 2590. The lowest BCUT2D eigenvalue weighted by atomic mass is 9.83. The number of phenolic OH excluding ortho intramolecular Hbond substituents is 1. The Hall–Kier alpha value is -5.36. The van der Waals surface area contributed by atoms with Gasteiger partial charge in [-0.2, -0.15) is 4.31 Å². The Labute approximate surface area is 382 Å². The second-order valence-electron chi connectivity index (χ2n) is 19.2. The lowest BCUT2D eigenvalue weighted by Gasteiger charge is -2.37. The van der Waals surface area contributed by atoms with Gasteiger partial charge in [-0.05, 0) is 96.7 Å². The maximum Gasteiger partial charge on any atom is 0.324 e. The molecule has 3 aliphatic heterocycles. The Morgan fingerprint density at radius 1 is 1.06 bits per heavy atom. The normalized spacial score (nSPS) is 20.7. The molecule has 2 aromatic carbocycles. The summed E-state index contributed by atoms with van der Waals surface area (Å²) in [7, 11) is -0.985. The molecule has 0 aliphatic carbocycles. The molecule has 350 valence electrons. The number of sulfonamides is 1. The highest BCUT2D eigenvalue weighted by Gasteiger charge is 2.41. The minimum Gasteiger partial charge on any atom is -0.508 e. The van der Waals surface area contributed by atoms with Crippen LogP contribution in [-0.4, -0.2) is 125 Å². The van der Waals surface area contributed by atoms with Gasteiger partial charge < -0.3 is 24.6 Å². The van der Waals surface area contributed by atoms with Crippen LogP contribution in [0.5, 0.6) is 5.75 Å². The molecule has 5 heterocycles. The number of fused-ring (bicyclic) bond motifs is 6. The summed E-state index contributed by atoms with van der Waals surface area (Å²) in [5.41, 5.74) is 9.85. The zero-order chi connectivity index (χ0) is 47.1. The third-order valence-electron chi connectivity index (χ3n) is 12.7. The molecular formula is C48H64N8O8S. The monoisotopic (exact) mass is 912 g/mol.